The number of aliphatic hydroxyl groups excluding tert-OH is 21. The van der Waals surface area contributed by atoms with Crippen LogP contribution < -0.4 is 16.0 Å². The third-order valence-corrected chi connectivity index (χ3v) is 17.2. The first kappa shape index (κ1) is 82.7. The van der Waals surface area contributed by atoms with Crippen LogP contribution in [-0.2, 0) is 85.6 Å². The number of ether oxygens (including phenoxy) is 12. The lowest BCUT2D eigenvalue weighted by molar-refractivity contribution is -0.400. The number of hydrogen-bond donors (Lipinski definition) is 26. The second-order valence-electron chi connectivity index (χ2n) is 24.3. The van der Waals surface area contributed by atoms with Crippen molar-refractivity contribution in [2.45, 2.75) is 260 Å². The molecule has 0 saturated carbocycles. The highest BCUT2D eigenvalue weighted by Gasteiger charge is 2.63. The fourth-order valence-electron chi connectivity index (χ4n) is 12.0. The Morgan fingerprint density at radius 3 is 1.41 bits per heavy atom. The van der Waals surface area contributed by atoms with E-state index in [1.54, 1.807) is 0 Å². The minimum atomic E-state index is -3.44. The van der Waals surface area contributed by atoms with Crippen molar-refractivity contribution in [2.24, 2.45) is 0 Å². The molecule has 44 heteroatoms. The highest BCUT2D eigenvalue weighted by Crippen LogP contribution is 2.42. The predicted molar refractivity (Wildman–Crippen MR) is 301 cm³/mol. The molecule has 0 spiro atoms. The summed E-state index contributed by atoms with van der Waals surface area (Å²) >= 11 is 0. The van der Waals surface area contributed by atoms with E-state index in [4.69, 9.17) is 56.8 Å². The van der Waals surface area contributed by atoms with E-state index in [0.29, 0.717) is 0 Å². The number of carboxylic acids is 2. The van der Waals surface area contributed by atoms with Crippen molar-refractivity contribution < 1.29 is 203 Å². The zero-order valence-electron chi connectivity index (χ0n) is 52.5. The van der Waals surface area contributed by atoms with E-state index in [-0.39, 0.29) is 6.29 Å². The zero-order valence-corrected chi connectivity index (χ0v) is 52.5. The third-order valence-electron chi connectivity index (χ3n) is 17.2. The Kier molecular flexibility index (Phi) is 29.7. The number of hydrogen-bond acceptors (Lipinski definition) is 39. The van der Waals surface area contributed by atoms with Gasteiger partial charge in [-0.25, -0.2) is 9.59 Å². The van der Waals surface area contributed by atoms with Gasteiger partial charge in [0.25, 0.3) is 11.6 Å². The quantitative estimate of drug-likeness (QED) is 0.0287. The Hall–Kier alpha value is -4.30. The molecule has 44 nitrogen and oxygen atoms in total. The van der Waals surface area contributed by atoms with Crippen molar-refractivity contribution in [1.82, 2.24) is 16.0 Å². The topological polar surface area (TPSA) is 715 Å². The first-order chi connectivity index (χ1) is 45.9. The molecule has 2 unspecified atom stereocenters. The van der Waals surface area contributed by atoms with Crippen LogP contribution in [0.25, 0.3) is 0 Å². The van der Waals surface area contributed by atoms with Gasteiger partial charge in [0.2, 0.25) is 17.7 Å². The fourth-order valence-corrected chi connectivity index (χ4v) is 12.0. The molecule has 6 heterocycles. The molecule has 0 aromatic heterocycles. The Bertz CT molecular complexity index is 2610. The second-order valence-corrected chi connectivity index (χ2v) is 24.3. The van der Waals surface area contributed by atoms with E-state index >= 15 is 0 Å². The van der Waals surface area contributed by atoms with E-state index in [2.05, 4.69) is 16.0 Å². The molecule has 3 amide bonds. The van der Waals surface area contributed by atoms with Crippen LogP contribution in [0.4, 0.5) is 0 Å². The first-order valence-electron chi connectivity index (χ1n) is 30.5. The van der Waals surface area contributed by atoms with Gasteiger partial charge in [-0.05, 0) is 6.92 Å². The van der Waals surface area contributed by atoms with Crippen molar-refractivity contribution in [3.05, 3.63) is 0 Å². The maximum Gasteiger partial charge on any atom is 0.364 e. The summed E-state index contributed by atoms with van der Waals surface area (Å²) in [5.41, 5.74) is 0. The maximum absolute atomic E-state index is 13.7. The van der Waals surface area contributed by atoms with Crippen LogP contribution in [0.5, 0.6) is 0 Å². The highest BCUT2D eigenvalue weighted by atomic mass is 16.8. The van der Waals surface area contributed by atoms with Gasteiger partial charge in [0.05, 0.1) is 70.0 Å². The minimum Gasteiger partial charge on any atom is -0.477 e. The average molecular weight is 1440 g/mol. The van der Waals surface area contributed by atoms with E-state index in [1.165, 1.54) is 0 Å². The van der Waals surface area contributed by atoms with E-state index in [0.717, 1.165) is 27.7 Å². The fraction of sp³-hybridized carbons (Fsp3) is 0.889. The second kappa shape index (κ2) is 35.3. The average Bonchev–Trinajstić information content (AvgIpc) is 0.761. The van der Waals surface area contributed by atoms with Gasteiger partial charge >= 0.3 is 11.9 Å². The number of rotatable bonds is 31. The van der Waals surface area contributed by atoms with Crippen LogP contribution in [0.15, 0.2) is 0 Å². The van der Waals surface area contributed by atoms with Gasteiger partial charge in [-0.1, -0.05) is 0 Å². The van der Waals surface area contributed by atoms with Crippen LogP contribution in [-0.4, -0.2) is 413 Å². The molecule has 98 heavy (non-hydrogen) atoms. The lowest BCUT2D eigenvalue weighted by Crippen LogP contribution is -2.72. The van der Waals surface area contributed by atoms with Crippen molar-refractivity contribution in [2.75, 3.05) is 39.6 Å². The largest absolute Gasteiger partial charge is 0.477 e. The number of carboxylic acid groups (broad SMARTS) is 2. The van der Waals surface area contributed by atoms with Gasteiger partial charge < -0.3 is 195 Å². The normalized spacial score (nSPS) is 42.6. The number of amides is 3. The number of aldehydes is 1. The molecule has 0 bridgehead atoms. The van der Waals surface area contributed by atoms with Crippen molar-refractivity contribution >= 4 is 35.9 Å². The number of carbonyl (C=O) groups is 6. The van der Waals surface area contributed by atoms with Crippen LogP contribution in [0, 0.1) is 0 Å². The summed E-state index contributed by atoms with van der Waals surface area (Å²) in [7, 11) is 0. The lowest BCUT2D eigenvalue weighted by atomic mass is 9.88. The van der Waals surface area contributed by atoms with Gasteiger partial charge in [0.1, 0.15) is 153 Å². The molecule has 6 aliphatic heterocycles. The summed E-state index contributed by atoms with van der Waals surface area (Å²) in [4.78, 5) is 77.0. The van der Waals surface area contributed by atoms with Crippen molar-refractivity contribution in [3.8, 4) is 0 Å². The summed E-state index contributed by atoms with van der Waals surface area (Å²) in [5, 5.41) is 259. The molecule has 6 rings (SSSR count). The van der Waals surface area contributed by atoms with Crippen LogP contribution in [0.2, 0.25) is 0 Å². The molecule has 0 aromatic rings. The van der Waals surface area contributed by atoms with Crippen LogP contribution >= 0.6 is 0 Å². The maximum atomic E-state index is 13.7. The Labute approximate surface area is 553 Å². The van der Waals surface area contributed by atoms with Crippen LogP contribution in [0.1, 0.15) is 40.5 Å². The summed E-state index contributed by atoms with van der Waals surface area (Å²) in [6.07, 6.45) is -74.9. The van der Waals surface area contributed by atoms with E-state index < -0.39 is 302 Å². The molecule has 566 valence electrons. The summed E-state index contributed by atoms with van der Waals surface area (Å²) < 4.78 is 71.1. The number of aliphatic hydroxyl groups is 21. The predicted octanol–water partition coefficient (Wildman–Crippen LogP) is -16.6. The van der Waals surface area contributed by atoms with Gasteiger partial charge in [-0.15, -0.1) is 0 Å². The van der Waals surface area contributed by atoms with Gasteiger partial charge in [-0.2, -0.15) is 0 Å². The minimum absolute atomic E-state index is 0.228. The summed E-state index contributed by atoms with van der Waals surface area (Å²) in [6.45, 7) is -4.10. The number of aliphatic carboxylic acids is 2. The molecule has 0 aromatic carbocycles. The number of carbonyl (C=O) groups excluding carboxylic acids is 4. The molecule has 6 fully saturated rings. The Morgan fingerprint density at radius 2 is 0.929 bits per heavy atom. The molecule has 26 N–H and O–H groups in total. The van der Waals surface area contributed by atoms with Crippen molar-refractivity contribution in [1.29, 1.82) is 0 Å². The first-order valence-corrected chi connectivity index (χ1v) is 30.5. The zero-order chi connectivity index (χ0) is 73.5. The van der Waals surface area contributed by atoms with E-state index in [1.807, 2.05) is 0 Å². The lowest BCUT2D eigenvalue weighted by Gasteiger charge is -2.53. The molecule has 6 aliphatic rings. The number of nitrogens with one attached hydrogen (secondary N) is 3. The van der Waals surface area contributed by atoms with Gasteiger partial charge in [-0.3, -0.25) is 14.4 Å². The highest BCUT2D eigenvalue weighted by molar-refractivity contribution is 5.77. The smallest absolute Gasteiger partial charge is 0.364 e. The Morgan fingerprint density at radius 1 is 0.500 bits per heavy atom. The third kappa shape index (κ3) is 18.4. The standard InChI is InChI=1S/C54H89N3O41/c1-14-30(73)36(79)37(80)48(88-14)93-41-26(13-87-53(51(83)84)5-18(67)27(55-15(2)64)42(96-53)32(75)21(70)8-59)91-47(95-45-34(77)24(11-62)89-49(38(45)81)92-40(23(72)10-61)31(74)20(69)7-58)29(57-17(4)66)44(41)94-50-39(82)46(35(78)25(12-63)90-50)98-54(52(85)86)6-19(68)28(56-16(3)65)43(97-54)33(76)22(71)9-60/h7,14,18-50,59-63,67-82H,5-6,8-13H2,1-4H3,(H,55,64)(H,56,65)(H,57,66)(H,83,84)(H,85,86)/t14-,18-,19-,20-,21+,22+,23+,24+,25+,26+,27+,28+,29+,30+,31+,32+,33+,34-,35-,36+,37?,38+,39+,40+,41+,42+,43+,44+,45?,46-,47-,48-,49-,50-,53+,54-/m0/s1. The molecule has 0 radical (unpaired) electrons. The Balaban J connectivity index is 1.57. The molecule has 0 aliphatic carbocycles. The van der Waals surface area contributed by atoms with Crippen LogP contribution in [0.3, 0.4) is 0 Å². The molecule has 36 atom stereocenters. The summed E-state index contributed by atoms with van der Waals surface area (Å²) in [6, 6.07) is -5.96. The molecular weight excluding hydrogens is 1350 g/mol. The van der Waals surface area contributed by atoms with Crippen molar-refractivity contribution in [3.63, 3.8) is 0 Å². The van der Waals surface area contributed by atoms with Gasteiger partial charge in [0, 0.05) is 33.6 Å². The van der Waals surface area contributed by atoms with E-state index in [9.17, 15) is 146 Å². The molecular formula is C54H89N3O41. The van der Waals surface area contributed by atoms with Gasteiger partial charge in [0.15, 0.2) is 31.4 Å². The monoisotopic (exact) mass is 1440 g/mol. The molecule has 6 saturated heterocycles. The summed E-state index contributed by atoms with van der Waals surface area (Å²) in [5.74, 6) is -14.2. The SMILES string of the molecule is CC(=O)N[C@H]1[C@H](OC2[C@@H](O)[C@H](O[C@@H]([C@H](O)[C@@H](O)C=O)[C@H](O)CO)O[C@H](CO)[C@@H]2O)O[C@H](CO[C@]2(C(=O)O)C[C@H](O)[C@@H](NC(C)=O)[C@H]([C@H](O)[C@H](O)CO)O2)[C@@H](O[C@@H]2O[C@@H](C)[C@@H](O)[C@@H](O)C2O)[C@@H]1O[C@@H]1O[C@H](CO)[C@H](O)[C@H](O[C@]2(C(=O)O)C[C@H](O)[C@@H](NC(C)=O)[C@H]([C@H](O)[C@H](O)CO)O2)[C@H]1O.